The number of nitrogens with zero attached hydrogens (tertiary/aromatic N) is 3. The van der Waals surface area contributed by atoms with Crippen LogP contribution < -0.4 is 10.6 Å². The van der Waals surface area contributed by atoms with Crippen molar-refractivity contribution in [1.29, 1.82) is 0 Å². The Morgan fingerprint density at radius 2 is 2.33 bits per heavy atom. The van der Waals surface area contributed by atoms with Crippen LogP contribution in [0.25, 0.3) is 0 Å². The summed E-state index contributed by atoms with van der Waals surface area (Å²) in [5.41, 5.74) is 3.28. The first-order valence-corrected chi connectivity index (χ1v) is 7.17. The number of carbonyl (C=O) groups is 1. The predicted octanol–water partition coefficient (Wildman–Crippen LogP) is 0.433. The first-order valence-electron chi connectivity index (χ1n) is 7.17. The van der Waals surface area contributed by atoms with Gasteiger partial charge in [-0.25, -0.2) is 0 Å². The van der Waals surface area contributed by atoms with Crippen LogP contribution in [-0.4, -0.2) is 33.8 Å². The fraction of sp³-hybridized carbons (Fsp3) is 0.400. The highest BCUT2D eigenvalue weighted by molar-refractivity contribution is 5.94. The topological polar surface area (TPSA) is 71.8 Å². The van der Waals surface area contributed by atoms with Gasteiger partial charge in [-0.05, 0) is 36.2 Å². The lowest BCUT2D eigenvalue weighted by atomic mass is 9.98. The Balaban J connectivity index is 1.59. The van der Waals surface area contributed by atoms with Gasteiger partial charge < -0.3 is 15.2 Å². The summed E-state index contributed by atoms with van der Waals surface area (Å²) in [5, 5.41) is 14.1. The molecule has 0 fully saturated rings. The minimum absolute atomic E-state index is 0.0365. The Morgan fingerprint density at radius 3 is 3.14 bits per heavy atom. The van der Waals surface area contributed by atoms with Crippen molar-refractivity contribution < 1.29 is 4.79 Å². The second-order valence-corrected chi connectivity index (χ2v) is 5.27. The maximum Gasteiger partial charge on any atom is 0.251 e. The average molecular weight is 285 g/mol. The number of rotatable bonds is 4. The quantitative estimate of drug-likeness (QED) is 0.855. The summed E-state index contributed by atoms with van der Waals surface area (Å²) in [6, 6.07) is 5.95. The maximum absolute atomic E-state index is 12.2. The van der Waals surface area contributed by atoms with Gasteiger partial charge in [0.1, 0.15) is 12.2 Å². The smallest absolute Gasteiger partial charge is 0.251 e. The van der Waals surface area contributed by atoms with Gasteiger partial charge in [0, 0.05) is 32.1 Å². The molecule has 0 spiro atoms. The van der Waals surface area contributed by atoms with E-state index in [0.29, 0.717) is 13.0 Å². The van der Waals surface area contributed by atoms with E-state index in [4.69, 9.17) is 0 Å². The molecule has 6 heteroatoms. The van der Waals surface area contributed by atoms with Crippen molar-refractivity contribution in [3.63, 3.8) is 0 Å². The molecule has 0 saturated carbocycles. The molecule has 6 nitrogen and oxygen atoms in total. The van der Waals surface area contributed by atoms with Crippen LogP contribution >= 0.6 is 0 Å². The number of hydrogen-bond donors (Lipinski definition) is 2. The molecule has 1 aliphatic heterocycles. The highest BCUT2D eigenvalue weighted by Gasteiger charge is 2.12. The highest BCUT2D eigenvalue weighted by atomic mass is 16.1. The Kier molecular flexibility index (Phi) is 3.96. The maximum atomic E-state index is 12.2. The highest BCUT2D eigenvalue weighted by Crippen LogP contribution is 2.15. The first-order chi connectivity index (χ1) is 10.2. The van der Waals surface area contributed by atoms with Gasteiger partial charge in [-0.3, -0.25) is 4.79 Å². The van der Waals surface area contributed by atoms with Crippen molar-refractivity contribution in [3.8, 4) is 0 Å². The van der Waals surface area contributed by atoms with Crippen molar-refractivity contribution in [1.82, 2.24) is 25.4 Å². The fourth-order valence-corrected chi connectivity index (χ4v) is 2.55. The van der Waals surface area contributed by atoms with E-state index < -0.39 is 0 Å². The zero-order valence-corrected chi connectivity index (χ0v) is 12.1. The summed E-state index contributed by atoms with van der Waals surface area (Å²) in [6.07, 6.45) is 3.37. The molecule has 110 valence electrons. The number of carbonyl (C=O) groups excluding carboxylic acids is 1. The fourth-order valence-electron chi connectivity index (χ4n) is 2.55. The van der Waals surface area contributed by atoms with E-state index in [1.165, 1.54) is 11.1 Å². The van der Waals surface area contributed by atoms with Gasteiger partial charge >= 0.3 is 0 Å². The van der Waals surface area contributed by atoms with E-state index in [1.54, 1.807) is 6.33 Å². The molecule has 2 heterocycles. The molecule has 2 N–H and O–H groups in total. The van der Waals surface area contributed by atoms with Crippen LogP contribution in [0.2, 0.25) is 0 Å². The molecule has 2 aromatic rings. The lowest BCUT2D eigenvalue weighted by Gasteiger charge is -2.17. The molecular formula is C15H19N5O. The van der Waals surface area contributed by atoms with E-state index in [1.807, 2.05) is 23.7 Å². The van der Waals surface area contributed by atoms with E-state index in [9.17, 15) is 4.79 Å². The van der Waals surface area contributed by atoms with Gasteiger partial charge in [0.05, 0.1) is 0 Å². The van der Waals surface area contributed by atoms with Gasteiger partial charge in [-0.15, -0.1) is 10.2 Å². The molecule has 0 bridgehead atoms. The van der Waals surface area contributed by atoms with Gasteiger partial charge in [-0.2, -0.15) is 0 Å². The minimum atomic E-state index is -0.0365. The zero-order chi connectivity index (χ0) is 14.7. The average Bonchev–Trinajstić information content (AvgIpc) is 2.92. The van der Waals surface area contributed by atoms with Crippen LogP contribution in [0, 0.1) is 0 Å². The van der Waals surface area contributed by atoms with Crippen LogP contribution in [0.3, 0.4) is 0 Å². The minimum Gasteiger partial charge on any atom is -0.352 e. The third-order valence-corrected chi connectivity index (χ3v) is 3.79. The van der Waals surface area contributed by atoms with Gasteiger partial charge in [0.2, 0.25) is 0 Å². The summed E-state index contributed by atoms with van der Waals surface area (Å²) in [4.78, 5) is 12.2. The number of aromatic nitrogens is 3. The lowest BCUT2D eigenvalue weighted by Crippen LogP contribution is -2.28. The van der Waals surface area contributed by atoms with Crippen LogP contribution in [0.5, 0.6) is 0 Å². The van der Waals surface area contributed by atoms with Crippen molar-refractivity contribution in [2.75, 3.05) is 13.1 Å². The molecule has 1 aliphatic rings. The van der Waals surface area contributed by atoms with Gasteiger partial charge in [0.15, 0.2) is 0 Å². The summed E-state index contributed by atoms with van der Waals surface area (Å²) < 4.78 is 1.86. The van der Waals surface area contributed by atoms with Crippen molar-refractivity contribution >= 4 is 5.91 Å². The number of nitrogens with one attached hydrogen (secondary N) is 2. The lowest BCUT2D eigenvalue weighted by molar-refractivity contribution is 0.0953. The largest absolute Gasteiger partial charge is 0.352 e. The van der Waals surface area contributed by atoms with Crippen molar-refractivity contribution in [3.05, 3.63) is 47.0 Å². The second-order valence-electron chi connectivity index (χ2n) is 5.27. The molecule has 21 heavy (non-hydrogen) atoms. The third kappa shape index (κ3) is 3.11. The molecule has 0 unspecified atom stereocenters. The van der Waals surface area contributed by atoms with Crippen LogP contribution in [-0.2, 0) is 26.4 Å². The van der Waals surface area contributed by atoms with Crippen LogP contribution in [0.1, 0.15) is 27.3 Å². The second kappa shape index (κ2) is 6.05. The van der Waals surface area contributed by atoms with Crippen molar-refractivity contribution in [2.24, 2.45) is 7.05 Å². The van der Waals surface area contributed by atoms with Crippen LogP contribution in [0.15, 0.2) is 24.5 Å². The Morgan fingerprint density at radius 1 is 1.43 bits per heavy atom. The summed E-state index contributed by atoms with van der Waals surface area (Å²) >= 11 is 0. The molecule has 0 atom stereocenters. The number of benzene rings is 1. The Labute approximate surface area is 123 Å². The zero-order valence-electron chi connectivity index (χ0n) is 12.1. The molecular weight excluding hydrogens is 266 g/mol. The number of amides is 1. The molecule has 1 aromatic heterocycles. The van der Waals surface area contributed by atoms with Gasteiger partial charge in [-0.1, -0.05) is 6.07 Å². The number of fused-ring (bicyclic) bond motifs is 1. The molecule has 0 radical (unpaired) electrons. The van der Waals surface area contributed by atoms with E-state index in [0.717, 1.165) is 30.9 Å². The monoisotopic (exact) mass is 285 g/mol. The van der Waals surface area contributed by atoms with Gasteiger partial charge in [0.25, 0.3) is 5.91 Å². The molecule has 0 aliphatic carbocycles. The summed E-state index contributed by atoms with van der Waals surface area (Å²) in [5.74, 6) is 0.829. The summed E-state index contributed by atoms with van der Waals surface area (Å²) in [7, 11) is 1.90. The van der Waals surface area contributed by atoms with E-state index in [-0.39, 0.29) is 5.91 Å². The van der Waals surface area contributed by atoms with E-state index in [2.05, 4.69) is 26.9 Å². The number of hydrogen-bond acceptors (Lipinski definition) is 4. The molecule has 1 aromatic carbocycles. The Hall–Kier alpha value is -2.21. The van der Waals surface area contributed by atoms with E-state index >= 15 is 0 Å². The Bertz CT molecular complexity index is 649. The first kappa shape index (κ1) is 13.8. The van der Waals surface area contributed by atoms with Crippen LogP contribution in [0.4, 0.5) is 0 Å². The normalized spacial score (nSPS) is 13.8. The molecule has 1 amide bonds. The summed E-state index contributed by atoms with van der Waals surface area (Å²) in [6.45, 7) is 2.41. The molecule has 3 rings (SSSR count). The standard InChI is InChI=1S/C15H19N5O/c1-20-10-18-19-14(20)5-7-17-15(21)12-3-2-11-4-6-16-9-13(11)8-12/h2-3,8,10,16H,4-7,9H2,1H3,(H,17,21). The number of aryl methyl sites for hydroxylation is 1. The van der Waals surface area contributed by atoms with Crippen molar-refractivity contribution in [2.45, 2.75) is 19.4 Å². The third-order valence-electron chi connectivity index (χ3n) is 3.79. The SMILES string of the molecule is Cn1cnnc1CCNC(=O)c1ccc2c(c1)CNCC2. The predicted molar refractivity (Wildman–Crippen MR) is 78.9 cm³/mol. The molecule has 0 saturated heterocycles.